The van der Waals surface area contributed by atoms with Gasteiger partial charge in [0, 0.05) is 18.5 Å². The third kappa shape index (κ3) is 6.47. The number of likely N-dealkylation sites (tertiary alicyclic amines) is 1. The minimum absolute atomic E-state index is 0.0662. The fourth-order valence-electron chi connectivity index (χ4n) is 5.47. The summed E-state index contributed by atoms with van der Waals surface area (Å²) >= 11 is 0. The van der Waals surface area contributed by atoms with Crippen molar-refractivity contribution in [2.45, 2.75) is 71.9 Å². The molecule has 1 N–H and O–H groups in total. The number of hydrogen-bond acceptors (Lipinski definition) is 6. The van der Waals surface area contributed by atoms with Gasteiger partial charge >= 0.3 is 0 Å². The van der Waals surface area contributed by atoms with Gasteiger partial charge in [0.05, 0.1) is 18.2 Å². The second-order valence-electron chi connectivity index (χ2n) is 10.5. The quantitative estimate of drug-likeness (QED) is 0.153. The van der Waals surface area contributed by atoms with E-state index in [-0.39, 0.29) is 17.4 Å². The van der Waals surface area contributed by atoms with E-state index in [9.17, 15) is 14.7 Å². The normalized spacial score (nSPS) is 20.0. The molecule has 7 heteroatoms. The number of aliphatic hydroxyl groups is 1. The van der Waals surface area contributed by atoms with Crippen molar-refractivity contribution in [2.75, 3.05) is 32.8 Å². The van der Waals surface area contributed by atoms with Crippen LogP contribution in [0.15, 0.2) is 48.0 Å². The van der Waals surface area contributed by atoms with Crippen molar-refractivity contribution in [3.8, 4) is 11.5 Å². The zero-order valence-electron chi connectivity index (χ0n) is 23.7. The van der Waals surface area contributed by atoms with E-state index in [1.165, 1.54) is 0 Å². The van der Waals surface area contributed by atoms with E-state index >= 15 is 0 Å². The maximum atomic E-state index is 13.4. The summed E-state index contributed by atoms with van der Waals surface area (Å²) in [5, 5.41) is 11.5. The van der Waals surface area contributed by atoms with Crippen LogP contribution >= 0.6 is 0 Å². The second-order valence-corrected chi connectivity index (χ2v) is 10.5. The average Bonchev–Trinajstić information content (AvgIpc) is 3.44. The fourth-order valence-corrected chi connectivity index (χ4v) is 5.47. The van der Waals surface area contributed by atoms with E-state index < -0.39 is 17.7 Å². The molecule has 2 aromatic carbocycles. The van der Waals surface area contributed by atoms with E-state index in [1.807, 2.05) is 43.3 Å². The number of ether oxygens (including phenoxy) is 2. The number of rotatable bonds is 13. The highest BCUT2D eigenvalue weighted by molar-refractivity contribution is 6.46. The molecule has 0 radical (unpaired) electrons. The third-order valence-electron chi connectivity index (χ3n) is 7.69. The number of carbonyl (C=O) groups excluding carboxylic acids is 2. The van der Waals surface area contributed by atoms with Gasteiger partial charge in [0.15, 0.2) is 0 Å². The van der Waals surface area contributed by atoms with E-state index in [1.54, 1.807) is 11.0 Å². The standard InChI is InChI=1S/C32H42N2O5/c1-5-8-9-19-38-26-14-11-23(12-15-26)29-28(30(35)24-13-16-27-25(21-24)20-22(4)39-27)31(36)32(37)34(29)18-10-17-33(6-2)7-3/h11-16,21-22,29,35H,5-10,17-20H2,1-4H3/b30-28-. The molecule has 0 saturated carbocycles. The molecule has 2 aliphatic rings. The highest BCUT2D eigenvalue weighted by Crippen LogP contribution is 2.41. The number of aliphatic hydroxyl groups excluding tert-OH is 1. The number of amides is 1. The molecule has 0 spiro atoms. The number of benzene rings is 2. The van der Waals surface area contributed by atoms with Crippen LogP contribution in [0, 0.1) is 0 Å². The zero-order chi connectivity index (χ0) is 27.9. The van der Waals surface area contributed by atoms with Gasteiger partial charge in [0.1, 0.15) is 23.4 Å². The highest BCUT2D eigenvalue weighted by Gasteiger charge is 2.46. The lowest BCUT2D eigenvalue weighted by Crippen LogP contribution is -2.33. The maximum absolute atomic E-state index is 13.4. The van der Waals surface area contributed by atoms with E-state index in [0.29, 0.717) is 18.7 Å². The van der Waals surface area contributed by atoms with Crippen LogP contribution in [0.2, 0.25) is 0 Å². The second kappa shape index (κ2) is 13.2. The zero-order valence-corrected chi connectivity index (χ0v) is 23.7. The summed E-state index contributed by atoms with van der Waals surface area (Å²) in [6.45, 7) is 12.2. The van der Waals surface area contributed by atoms with Gasteiger partial charge in [-0.3, -0.25) is 9.59 Å². The average molecular weight is 535 g/mol. The van der Waals surface area contributed by atoms with Crippen molar-refractivity contribution in [2.24, 2.45) is 0 Å². The molecule has 210 valence electrons. The lowest BCUT2D eigenvalue weighted by Gasteiger charge is -2.27. The molecule has 1 fully saturated rings. The summed E-state index contributed by atoms with van der Waals surface area (Å²) in [5.74, 6) is 0.180. The third-order valence-corrected chi connectivity index (χ3v) is 7.69. The number of fused-ring (bicyclic) bond motifs is 1. The van der Waals surface area contributed by atoms with Gasteiger partial charge in [-0.25, -0.2) is 0 Å². The summed E-state index contributed by atoms with van der Waals surface area (Å²) in [7, 11) is 0. The predicted molar refractivity (Wildman–Crippen MR) is 153 cm³/mol. The molecular formula is C32H42N2O5. The lowest BCUT2D eigenvalue weighted by molar-refractivity contribution is -0.140. The highest BCUT2D eigenvalue weighted by atomic mass is 16.5. The van der Waals surface area contributed by atoms with E-state index in [4.69, 9.17) is 9.47 Å². The summed E-state index contributed by atoms with van der Waals surface area (Å²) in [6.07, 6.45) is 4.78. The molecule has 2 aliphatic heterocycles. The van der Waals surface area contributed by atoms with Crippen LogP contribution in [-0.2, 0) is 16.0 Å². The number of carbonyl (C=O) groups is 2. The van der Waals surface area contributed by atoms with Crippen LogP contribution in [0.1, 0.15) is 76.1 Å². The summed E-state index contributed by atoms with van der Waals surface area (Å²) in [6, 6.07) is 12.3. The van der Waals surface area contributed by atoms with Crippen molar-refractivity contribution in [1.29, 1.82) is 0 Å². The summed E-state index contributed by atoms with van der Waals surface area (Å²) in [5.41, 5.74) is 2.42. The first-order chi connectivity index (χ1) is 18.9. The number of unbranched alkanes of at least 4 members (excludes halogenated alkanes) is 2. The molecule has 2 unspecified atom stereocenters. The predicted octanol–water partition coefficient (Wildman–Crippen LogP) is 5.73. The lowest BCUT2D eigenvalue weighted by atomic mass is 9.94. The Bertz CT molecular complexity index is 1190. The minimum Gasteiger partial charge on any atom is -0.507 e. The van der Waals surface area contributed by atoms with Crippen molar-refractivity contribution < 1.29 is 24.2 Å². The Labute approximate surface area is 232 Å². The van der Waals surface area contributed by atoms with Crippen molar-refractivity contribution in [1.82, 2.24) is 9.80 Å². The van der Waals surface area contributed by atoms with Crippen LogP contribution < -0.4 is 9.47 Å². The molecule has 2 aromatic rings. The van der Waals surface area contributed by atoms with Crippen LogP contribution in [0.3, 0.4) is 0 Å². The molecule has 7 nitrogen and oxygen atoms in total. The fraction of sp³-hybridized carbons (Fsp3) is 0.500. The molecule has 0 bridgehead atoms. The molecule has 2 heterocycles. The van der Waals surface area contributed by atoms with Gasteiger partial charge in [0.25, 0.3) is 11.7 Å². The Kier molecular flexibility index (Phi) is 9.68. The van der Waals surface area contributed by atoms with Gasteiger partial charge in [0.2, 0.25) is 0 Å². The number of ketones is 1. The molecule has 0 aliphatic carbocycles. The summed E-state index contributed by atoms with van der Waals surface area (Å²) < 4.78 is 11.7. The number of Topliss-reactive ketones (excluding diaryl/α,β-unsaturated/α-hetero) is 1. The molecule has 1 saturated heterocycles. The smallest absolute Gasteiger partial charge is 0.295 e. The Morgan fingerprint density at radius 1 is 1.05 bits per heavy atom. The molecule has 4 rings (SSSR count). The molecule has 0 aromatic heterocycles. The molecule has 1 amide bonds. The van der Waals surface area contributed by atoms with E-state index in [2.05, 4.69) is 25.7 Å². The Morgan fingerprint density at radius 3 is 2.49 bits per heavy atom. The van der Waals surface area contributed by atoms with E-state index in [0.717, 1.165) is 74.4 Å². The van der Waals surface area contributed by atoms with Crippen LogP contribution in [0.4, 0.5) is 0 Å². The molecule has 2 atom stereocenters. The van der Waals surface area contributed by atoms with Crippen molar-refractivity contribution in [3.63, 3.8) is 0 Å². The van der Waals surface area contributed by atoms with Crippen LogP contribution in [0.25, 0.3) is 5.76 Å². The summed E-state index contributed by atoms with van der Waals surface area (Å²) in [4.78, 5) is 30.6. The topological polar surface area (TPSA) is 79.3 Å². The van der Waals surface area contributed by atoms with Crippen LogP contribution in [0.5, 0.6) is 11.5 Å². The van der Waals surface area contributed by atoms with Gasteiger partial charge in [-0.05, 0) is 80.9 Å². The monoisotopic (exact) mass is 534 g/mol. The first kappa shape index (κ1) is 28.7. The molecular weight excluding hydrogens is 492 g/mol. The Balaban J connectivity index is 1.66. The van der Waals surface area contributed by atoms with Crippen LogP contribution in [-0.4, -0.2) is 65.5 Å². The minimum atomic E-state index is -0.667. The Hall–Kier alpha value is -3.32. The van der Waals surface area contributed by atoms with Gasteiger partial charge in [-0.1, -0.05) is 45.7 Å². The van der Waals surface area contributed by atoms with Gasteiger partial charge in [-0.15, -0.1) is 0 Å². The maximum Gasteiger partial charge on any atom is 0.295 e. The number of nitrogens with zero attached hydrogens (tertiary/aromatic N) is 2. The SMILES string of the molecule is CCCCCOc1ccc(C2/C(=C(/O)c3ccc4c(c3)CC(C)O4)C(=O)C(=O)N2CCCN(CC)CC)cc1. The first-order valence-corrected chi connectivity index (χ1v) is 14.4. The van der Waals surface area contributed by atoms with Gasteiger partial charge < -0.3 is 24.4 Å². The first-order valence-electron chi connectivity index (χ1n) is 14.4. The van der Waals surface area contributed by atoms with Gasteiger partial charge in [-0.2, -0.15) is 0 Å². The largest absolute Gasteiger partial charge is 0.507 e. The van der Waals surface area contributed by atoms with Crippen molar-refractivity contribution in [3.05, 3.63) is 64.7 Å². The van der Waals surface area contributed by atoms with Crippen molar-refractivity contribution >= 4 is 17.4 Å². The Morgan fingerprint density at radius 2 is 1.79 bits per heavy atom. The molecule has 39 heavy (non-hydrogen) atoms. The number of hydrogen-bond donors (Lipinski definition) is 1.